The van der Waals surface area contributed by atoms with Gasteiger partial charge in [0.1, 0.15) is 0 Å². The summed E-state index contributed by atoms with van der Waals surface area (Å²) in [6.07, 6.45) is 2.31. The molecule has 0 unspecified atom stereocenters. The first kappa shape index (κ1) is 19.2. The van der Waals surface area contributed by atoms with Crippen LogP contribution in [0.1, 0.15) is 39.2 Å². The smallest absolute Gasteiger partial charge is 0.322 e. The van der Waals surface area contributed by atoms with E-state index in [-0.39, 0.29) is 23.9 Å². The van der Waals surface area contributed by atoms with Crippen molar-refractivity contribution in [1.29, 1.82) is 0 Å². The van der Waals surface area contributed by atoms with Crippen molar-refractivity contribution in [3.05, 3.63) is 23.8 Å². The maximum Gasteiger partial charge on any atom is 0.322 e. The van der Waals surface area contributed by atoms with E-state index in [1.54, 1.807) is 18.7 Å². The van der Waals surface area contributed by atoms with Crippen molar-refractivity contribution < 1.29 is 14.4 Å². The van der Waals surface area contributed by atoms with Crippen LogP contribution in [0.2, 0.25) is 0 Å². The van der Waals surface area contributed by atoms with Crippen molar-refractivity contribution in [2.24, 2.45) is 0 Å². The maximum absolute atomic E-state index is 12.8. The number of nitrogens with one attached hydrogen (secondary N) is 1. The summed E-state index contributed by atoms with van der Waals surface area (Å²) in [5.74, 6) is 0.124. The maximum atomic E-state index is 12.8. The van der Waals surface area contributed by atoms with E-state index in [1.165, 1.54) is 0 Å². The largest absolute Gasteiger partial charge is 0.343 e. The number of carbonyl (C=O) groups excluding carboxylic acids is 3. The second-order valence-corrected chi connectivity index (χ2v) is 7.18. The van der Waals surface area contributed by atoms with Crippen LogP contribution in [0.15, 0.2) is 18.2 Å². The number of nitrogens with zero attached hydrogens (tertiary/aromatic N) is 3. The first-order valence-corrected chi connectivity index (χ1v) is 9.66. The van der Waals surface area contributed by atoms with Crippen molar-refractivity contribution in [1.82, 2.24) is 10.2 Å². The highest BCUT2D eigenvalue weighted by molar-refractivity contribution is 5.96. The van der Waals surface area contributed by atoms with E-state index >= 15 is 0 Å². The molecule has 0 spiro atoms. The Hall–Kier alpha value is -2.57. The van der Waals surface area contributed by atoms with Crippen LogP contribution in [0.5, 0.6) is 0 Å². The quantitative estimate of drug-likeness (QED) is 0.884. The van der Waals surface area contributed by atoms with Crippen LogP contribution in [-0.2, 0) is 16.0 Å². The lowest BCUT2D eigenvalue weighted by Crippen LogP contribution is -2.51. The third-order valence-corrected chi connectivity index (χ3v) is 5.44. The van der Waals surface area contributed by atoms with E-state index in [4.69, 9.17) is 0 Å². The molecule has 146 valence electrons. The van der Waals surface area contributed by atoms with Crippen LogP contribution in [0.4, 0.5) is 16.2 Å². The second-order valence-electron chi connectivity index (χ2n) is 7.18. The molecule has 0 saturated carbocycles. The fourth-order valence-corrected chi connectivity index (χ4v) is 4.03. The van der Waals surface area contributed by atoms with E-state index in [0.717, 1.165) is 36.2 Å². The van der Waals surface area contributed by atoms with Gasteiger partial charge in [0.05, 0.1) is 0 Å². The lowest BCUT2D eigenvalue weighted by atomic mass is 10.0. The summed E-state index contributed by atoms with van der Waals surface area (Å²) < 4.78 is 0. The van der Waals surface area contributed by atoms with Crippen molar-refractivity contribution in [3.8, 4) is 0 Å². The summed E-state index contributed by atoms with van der Waals surface area (Å²) in [5.41, 5.74) is 2.89. The number of likely N-dealkylation sites (tertiary alicyclic amines) is 1. The number of urea groups is 1. The summed E-state index contributed by atoms with van der Waals surface area (Å²) in [6.45, 7) is 7.65. The Bertz CT molecular complexity index is 741. The minimum Gasteiger partial charge on any atom is -0.343 e. The Kier molecular flexibility index (Phi) is 5.68. The van der Waals surface area contributed by atoms with Crippen LogP contribution in [-0.4, -0.2) is 55.0 Å². The molecule has 2 heterocycles. The van der Waals surface area contributed by atoms with E-state index in [0.29, 0.717) is 26.2 Å². The topological polar surface area (TPSA) is 73.0 Å². The van der Waals surface area contributed by atoms with Gasteiger partial charge in [-0.15, -0.1) is 0 Å². The zero-order valence-corrected chi connectivity index (χ0v) is 16.3. The highest BCUT2D eigenvalue weighted by Gasteiger charge is 2.31. The summed E-state index contributed by atoms with van der Waals surface area (Å²) in [5, 5.41) is 2.91. The molecule has 2 aliphatic heterocycles. The molecular formula is C20H28N4O3. The number of carbonyl (C=O) groups is 3. The van der Waals surface area contributed by atoms with Crippen molar-refractivity contribution >= 4 is 29.2 Å². The third-order valence-electron chi connectivity index (χ3n) is 5.44. The Morgan fingerprint density at radius 1 is 1.11 bits per heavy atom. The Morgan fingerprint density at radius 2 is 1.81 bits per heavy atom. The summed E-state index contributed by atoms with van der Waals surface area (Å²) in [7, 11) is 0. The zero-order valence-electron chi connectivity index (χ0n) is 16.3. The molecule has 2 aliphatic rings. The van der Waals surface area contributed by atoms with Gasteiger partial charge in [-0.25, -0.2) is 4.79 Å². The number of benzene rings is 1. The molecule has 0 aromatic heterocycles. The lowest BCUT2D eigenvalue weighted by Gasteiger charge is -2.38. The standard InChI is InChI=1S/C20H28N4O3/c1-4-21-20(27)24(17-8-10-22(11-9-17)14(2)25)18-5-6-19-16(13-18)7-12-23(19)15(3)26/h5-6,13,17H,4,7-12H2,1-3H3,(H,21,27). The predicted octanol–water partition coefficient (Wildman–Crippen LogP) is 2.14. The minimum absolute atomic E-state index is 0.0405. The SMILES string of the molecule is CCNC(=O)N(c1ccc2c(c1)CCN2C(C)=O)C1CCN(C(C)=O)CC1. The first-order chi connectivity index (χ1) is 12.9. The van der Waals surface area contributed by atoms with Crippen molar-refractivity contribution in [2.45, 2.75) is 46.1 Å². The Morgan fingerprint density at radius 3 is 2.41 bits per heavy atom. The molecule has 7 heteroatoms. The molecule has 4 amide bonds. The first-order valence-electron chi connectivity index (χ1n) is 9.66. The predicted molar refractivity (Wildman–Crippen MR) is 105 cm³/mol. The molecular weight excluding hydrogens is 344 g/mol. The Balaban J connectivity index is 1.85. The molecule has 7 nitrogen and oxygen atoms in total. The second kappa shape index (κ2) is 7.98. The van der Waals surface area contributed by atoms with Crippen LogP contribution in [0, 0.1) is 0 Å². The number of rotatable bonds is 3. The van der Waals surface area contributed by atoms with Gasteiger partial charge in [0, 0.05) is 57.4 Å². The molecule has 0 bridgehead atoms. The zero-order chi connectivity index (χ0) is 19.6. The number of hydrogen-bond donors (Lipinski definition) is 1. The van der Waals surface area contributed by atoms with E-state index in [2.05, 4.69) is 5.32 Å². The molecule has 27 heavy (non-hydrogen) atoms. The summed E-state index contributed by atoms with van der Waals surface area (Å²) >= 11 is 0. The van der Waals surface area contributed by atoms with Crippen LogP contribution < -0.4 is 15.1 Å². The molecule has 0 atom stereocenters. The van der Waals surface area contributed by atoms with Crippen LogP contribution >= 0.6 is 0 Å². The molecule has 1 fully saturated rings. The lowest BCUT2D eigenvalue weighted by molar-refractivity contribution is -0.129. The number of hydrogen-bond acceptors (Lipinski definition) is 3. The van der Waals surface area contributed by atoms with Gasteiger partial charge in [0.15, 0.2) is 0 Å². The van der Waals surface area contributed by atoms with Gasteiger partial charge in [0.25, 0.3) is 0 Å². The van der Waals surface area contributed by atoms with Crippen LogP contribution in [0.3, 0.4) is 0 Å². The number of anilines is 2. The molecule has 1 aromatic carbocycles. The number of amides is 4. The average molecular weight is 372 g/mol. The number of piperidine rings is 1. The molecule has 1 N–H and O–H groups in total. The van der Waals surface area contributed by atoms with Gasteiger partial charge >= 0.3 is 6.03 Å². The molecule has 1 saturated heterocycles. The van der Waals surface area contributed by atoms with Crippen molar-refractivity contribution in [2.75, 3.05) is 36.0 Å². The molecule has 0 radical (unpaired) electrons. The normalized spacial score (nSPS) is 16.9. The van der Waals surface area contributed by atoms with Gasteiger partial charge in [-0.3, -0.25) is 14.5 Å². The molecule has 3 rings (SSSR count). The van der Waals surface area contributed by atoms with Crippen molar-refractivity contribution in [3.63, 3.8) is 0 Å². The third kappa shape index (κ3) is 3.91. The van der Waals surface area contributed by atoms with Gasteiger partial charge < -0.3 is 15.1 Å². The fourth-order valence-electron chi connectivity index (χ4n) is 4.03. The fraction of sp³-hybridized carbons (Fsp3) is 0.550. The highest BCUT2D eigenvalue weighted by Crippen LogP contribution is 2.33. The summed E-state index contributed by atoms with van der Waals surface area (Å²) in [6, 6.07) is 5.84. The highest BCUT2D eigenvalue weighted by atomic mass is 16.2. The van der Waals surface area contributed by atoms with Gasteiger partial charge in [-0.05, 0) is 49.9 Å². The van der Waals surface area contributed by atoms with Gasteiger partial charge in [-0.1, -0.05) is 0 Å². The van der Waals surface area contributed by atoms with E-state index in [9.17, 15) is 14.4 Å². The van der Waals surface area contributed by atoms with E-state index < -0.39 is 0 Å². The summed E-state index contributed by atoms with van der Waals surface area (Å²) in [4.78, 5) is 41.6. The average Bonchev–Trinajstić information content (AvgIpc) is 3.06. The monoisotopic (exact) mass is 372 g/mol. The molecule has 0 aliphatic carbocycles. The Labute approximate surface area is 160 Å². The van der Waals surface area contributed by atoms with Crippen LogP contribution in [0.25, 0.3) is 0 Å². The van der Waals surface area contributed by atoms with Gasteiger partial charge in [-0.2, -0.15) is 0 Å². The van der Waals surface area contributed by atoms with Gasteiger partial charge in [0.2, 0.25) is 11.8 Å². The number of fused-ring (bicyclic) bond motifs is 1. The molecule has 1 aromatic rings. The van der Waals surface area contributed by atoms with E-state index in [1.807, 2.05) is 34.9 Å². The minimum atomic E-state index is -0.111.